The molecule has 0 amide bonds. The van der Waals surface area contributed by atoms with Gasteiger partial charge in [-0.15, -0.1) is 13.2 Å². The maximum absolute atomic E-state index is 11.8. The molecule has 0 saturated carbocycles. The lowest BCUT2D eigenvalue weighted by molar-refractivity contribution is 0.686. The minimum Gasteiger partial charge on any atom is -0.259 e. The summed E-state index contributed by atoms with van der Waals surface area (Å²) in [5.74, 6) is 1.32. The van der Waals surface area contributed by atoms with Crippen LogP contribution >= 0.6 is 0 Å². The molecule has 0 heterocycles. The smallest absolute Gasteiger partial charge is 0.0421 e. The zero-order valence-electron chi connectivity index (χ0n) is 11.8. The van der Waals surface area contributed by atoms with Crippen LogP contribution in [0.25, 0.3) is 0 Å². The van der Waals surface area contributed by atoms with Gasteiger partial charge in [-0.2, -0.15) is 0 Å². The Morgan fingerprint density at radius 1 is 0.944 bits per heavy atom. The molecule has 18 heavy (non-hydrogen) atoms. The van der Waals surface area contributed by atoms with Crippen molar-refractivity contribution in [1.29, 1.82) is 0 Å². The van der Waals surface area contributed by atoms with Crippen LogP contribution in [-0.2, 0) is 10.8 Å². The van der Waals surface area contributed by atoms with Gasteiger partial charge in [-0.25, -0.2) is 0 Å². The minimum atomic E-state index is -0.777. The van der Waals surface area contributed by atoms with Gasteiger partial charge in [0.25, 0.3) is 0 Å². The highest BCUT2D eigenvalue weighted by atomic mass is 32.2. The van der Waals surface area contributed by atoms with Crippen molar-refractivity contribution in [3.8, 4) is 0 Å². The second-order valence-electron chi connectivity index (χ2n) is 4.53. The third-order valence-electron chi connectivity index (χ3n) is 2.72. The van der Waals surface area contributed by atoms with Crippen LogP contribution in [0.15, 0.2) is 48.6 Å². The Labute approximate surface area is 115 Å². The summed E-state index contributed by atoms with van der Waals surface area (Å²) in [5.41, 5.74) is 2.60. The van der Waals surface area contributed by atoms with Crippen LogP contribution in [0.4, 0.5) is 0 Å². The number of hydrogen-bond donors (Lipinski definition) is 0. The lowest BCUT2D eigenvalue weighted by atomic mass is 10.1. The van der Waals surface area contributed by atoms with Crippen molar-refractivity contribution in [2.24, 2.45) is 0 Å². The summed E-state index contributed by atoms with van der Waals surface area (Å²) in [6, 6.07) is 0. The summed E-state index contributed by atoms with van der Waals surface area (Å²) in [7, 11) is -0.777. The molecular weight excluding hydrogens is 240 g/mol. The second-order valence-corrected chi connectivity index (χ2v) is 6.08. The van der Waals surface area contributed by atoms with Crippen molar-refractivity contribution in [1.82, 2.24) is 0 Å². The van der Waals surface area contributed by atoms with E-state index in [1.54, 1.807) is 0 Å². The van der Waals surface area contributed by atoms with E-state index in [-0.39, 0.29) is 0 Å². The van der Waals surface area contributed by atoms with Crippen LogP contribution in [0.2, 0.25) is 0 Å². The summed E-state index contributed by atoms with van der Waals surface area (Å²) < 4.78 is 11.8. The van der Waals surface area contributed by atoms with Crippen molar-refractivity contribution in [3.63, 3.8) is 0 Å². The molecule has 0 radical (unpaired) electrons. The van der Waals surface area contributed by atoms with Gasteiger partial charge in [-0.1, -0.05) is 35.5 Å². The summed E-state index contributed by atoms with van der Waals surface area (Å²) in [6.45, 7) is 11.6. The first-order valence-electron chi connectivity index (χ1n) is 6.48. The molecule has 0 aromatic rings. The predicted molar refractivity (Wildman–Crippen MR) is 84.3 cm³/mol. The van der Waals surface area contributed by atoms with Gasteiger partial charge in [-0.3, -0.25) is 4.21 Å². The molecule has 0 aromatic carbocycles. The minimum absolute atomic E-state index is 0.661. The van der Waals surface area contributed by atoms with Gasteiger partial charge in [0.15, 0.2) is 0 Å². The molecule has 102 valence electrons. The highest BCUT2D eigenvalue weighted by Crippen LogP contribution is 2.06. The molecule has 0 unspecified atom stereocenters. The van der Waals surface area contributed by atoms with E-state index in [0.29, 0.717) is 11.5 Å². The highest BCUT2D eigenvalue weighted by molar-refractivity contribution is 7.85. The number of hydrogen-bond acceptors (Lipinski definition) is 1. The lowest BCUT2D eigenvalue weighted by Crippen LogP contribution is -1.99. The lowest BCUT2D eigenvalue weighted by Gasteiger charge is -2.00. The van der Waals surface area contributed by atoms with Gasteiger partial charge in [0.05, 0.1) is 0 Å². The van der Waals surface area contributed by atoms with E-state index >= 15 is 0 Å². The van der Waals surface area contributed by atoms with Crippen LogP contribution < -0.4 is 0 Å². The first kappa shape index (κ1) is 17.1. The molecule has 0 aromatic heterocycles. The monoisotopic (exact) mass is 266 g/mol. The number of allylic oxidation sites excluding steroid dienone is 4. The molecule has 0 fully saturated rings. The zero-order valence-corrected chi connectivity index (χ0v) is 12.6. The Kier molecular flexibility index (Phi) is 10.7. The molecule has 2 heteroatoms. The third kappa shape index (κ3) is 10.3. The van der Waals surface area contributed by atoms with E-state index in [9.17, 15) is 4.21 Å². The summed E-state index contributed by atoms with van der Waals surface area (Å²) in [6.07, 6.45) is 12.0. The van der Waals surface area contributed by atoms with Crippen LogP contribution in [0.5, 0.6) is 0 Å². The molecule has 0 aliphatic heterocycles. The van der Waals surface area contributed by atoms with Crippen molar-refractivity contribution >= 4 is 10.8 Å². The van der Waals surface area contributed by atoms with Crippen molar-refractivity contribution in [2.75, 3.05) is 11.5 Å². The van der Waals surface area contributed by atoms with Gasteiger partial charge < -0.3 is 0 Å². The summed E-state index contributed by atoms with van der Waals surface area (Å²) >= 11 is 0. The molecule has 0 aliphatic rings. The summed E-state index contributed by atoms with van der Waals surface area (Å²) in [5, 5.41) is 0. The molecule has 0 saturated heterocycles. The average molecular weight is 266 g/mol. The van der Waals surface area contributed by atoms with Gasteiger partial charge in [-0.05, 0) is 39.5 Å². The first-order chi connectivity index (χ1) is 8.60. The van der Waals surface area contributed by atoms with E-state index in [2.05, 4.69) is 39.2 Å². The Hall–Kier alpha value is -0.890. The Balaban J connectivity index is 3.96. The standard InChI is InChI=1S/C16H26OS/c1-5-7-9-15(3)11-13-18(17)14-12-16(4)10-8-6-2/h5-6,11-12H,1-2,7-10,13-14H2,3-4H3/b15-11+,16-12+. The van der Waals surface area contributed by atoms with Crippen LogP contribution in [0, 0.1) is 0 Å². The molecule has 0 bridgehead atoms. The first-order valence-corrected chi connectivity index (χ1v) is 7.97. The van der Waals surface area contributed by atoms with Crippen LogP contribution in [-0.4, -0.2) is 15.7 Å². The molecule has 0 aliphatic carbocycles. The van der Waals surface area contributed by atoms with Gasteiger partial charge in [0, 0.05) is 22.3 Å². The van der Waals surface area contributed by atoms with Gasteiger partial charge in [0.2, 0.25) is 0 Å². The molecule has 0 N–H and O–H groups in total. The maximum Gasteiger partial charge on any atom is 0.0421 e. The van der Waals surface area contributed by atoms with Crippen molar-refractivity contribution < 1.29 is 4.21 Å². The van der Waals surface area contributed by atoms with E-state index in [4.69, 9.17) is 0 Å². The van der Waals surface area contributed by atoms with Crippen molar-refractivity contribution in [2.45, 2.75) is 39.5 Å². The normalized spacial score (nSPS) is 14.3. The fourth-order valence-corrected chi connectivity index (χ4v) is 2.48. The molecular formula is C16H26OS. The molecule has 1 nitrogen and oxygen atoms in total. The predicted octanol–water partition coefficient (Wildman–Crippen LogP) is 4.56. The number of rotatable bonds is 10. The van der Waals surface area contributed by atoms with Gasteiger partial charge >= 0.3 is 0 Å². The van der Waals surface area contributed by atoms with Gasteiger partial charge in [0.1, 0.15) is 0 Å². The maximum atomic E-state index is 11.8. The van der Waals surface area contributed by atoms with Crippen LogP contribution in [0.3, 0.4) is 0 Å². The van der Waals surface area contributed by atoms with Crippen molar-refractivity contribution in [3.05, 3.63) is 48.6 Å². The topological polar surface area (TPSA) is 17.1 Å². The van der Waals surface area contributed by atoms with E-state index in [1.165, 1.54) is 11.1 Å². The fourth-order valence-electron chi connectivity index (χ4n) is 1.40. The Morgan fingerprint density at radius 2 is 1.33 bits per heavy atom. The largest absolute Gasteiger partial charge is 0.259 e. The third-order valence-corrected chi connectivity index (χ3v) is 3.80. The van der Waals surface area contributed by atoms with Crippen LogP contribution in [0.1, 0.15) is 39.5 Å². The highest BCUT2D eigenvalue weighted by Gasteiger charge is 1.96. The van der Waals surface area contributed by atoms with E-state index in [0.717, 1.165) is 25.7 Å². The Morgan fingerprint density at radius 3 is 1.67 bits per heavy atom. The Bertz CT molecular complexity index is 305. The molecule has 0 spiro atoms. The zero-order chi connectivity index (χ0) is 13.8. The summed E-state index contributed by atoms with van der Waals surface area (Å²) in [4.78, 5) is 0. The SMILES string of the molecule is C=CCC/C(C)=C/CS(=O)C/C=C(\C)CCC=C. The quantitative estimate of drug-likeness (QED) is 0.530. The second kappa shape index (κ2) is 11.2. The molecule has 0 atom stereocenters. The van der Waals surface area contributed by atoms with E-state index < -0.39 is 10.8 Å². The molecule has 0 rings (SSSR count). The van der Waals surface area contributed by atoms with E-state index in [1.807, 2.05) is 12.2 Å². The average Bonchev–Trinajstić information content (AvgIpc) is 2.37. The fraction of sp³-hybridized carbons (Fsp3) is 0.500.